The molecule has 110 valence electrons. The van der Waals surface area contributed by atoms with Crippen molar-refractivity contribution in [1.82, 2.24) is 0 Å². The number of para-hydroxylation sites is 1. The summed E-state index contributed by atoms with van der Waals surface area (Å²) in [6, 6.07) is 12.0. The normalized spacial score (nSPS) is 11.8. The van der Waals surface area contributed by atoms with Gasteiger partial charge in [-0.15, -0.1) is 0 Å². The second-order valence-corrected chi connectivity index (χ2v) is 4.77. The first-order valence-corrected chi connectivity index (χ1v) is 6.92. The van der Waals surface area contributed by atoms with Crippen molar-refractivity contribution in [3.05, 3.63) is 64.9 Å². The van der Waals surface area contributed by atoms with E-state index in [9.17, 15) is 9.18 Å². The van der Waals surface area contributed by atoms with Gasteiger partial charge in [-0.25, -0.2) is 9.18 Å². The molecule has 2 aromatic rings. The minimum absolute atomic E-state index is 0.265. The molecule has 0 aromatic heterocycles. The molecule has 0 radical (unpaired) electrons. The zero-order valence-corrected chi connectivity index (χ0v) is 12.2. The number of halogens is 2. The van der Waals surface area contributed by atoms with E-state index < -0.39 is 12.0 Å². The molecule has 0 saturated heterocycles. The molecule has 1 unspecified atom stereocenters. The molecule has 0 bridgehead atoms. The van der Waals surface area contributed by atoms with Crippen LogP contribution < -0.4 is 5.32 Å². The lowest BCUT2D eigenvalue weighted by Crippen LogP contribution is -2.23. The van der Waals surface area contributed by atoms with E-state index >= 15 is 0 Å². The summed E-state index contributed by atoms with van der Waals surface area (Å²) in [5.41, 5.74) is 1.22. The van der Waals surface area contributed by atoms with Crippen molar-refractivity contribution >= 4 is 23.3 Å². The summed E-state index contributed by atoms with van der Waals surface area (Å²) in [7, 11) is 0. The molecule has 5 heteroatoms. The lowest BCUT2D eigenvalue weighted by molar-refractivity contribution is -0.144. The van der Waals surface area contributed by atoms with E-state index in [0.29, 0.717) is 16.3 Å². The fraction of sp³-hybridized carbons (Fsp3) is 0.188. The number of esters is 1. The fourth-order valence-electron chi connectivity index (χ4n) is 1.89. The molecule has 3 nitrogen and oxygen atoms in total. The molecule has 1 N–H and O–H groups in total. The maximum atomic E-state index is 13.0. The monoisotopic (exact) mass is 307 g/mol. The minimum atomic E-state index is -0.745. The van der Waals surface area contributed by atoms with E-state index in [1.165, 1.54) is 12.1 Å². The predicted molar refractivity (Wildman–Crippen MR) is 80.8 cm³/mol. The van der Waals surface area contributed by atoms with Gasteiger partial charge in [0.15, 0.2) is 6.04 Å². The Labute approximate surface area is 127 Å². The molecule has 0 aliphatic heterocycles. The number of carbonyl (C=O) groups is 1. The van der Waals surface area contributed by atoms with Gasteiger partial charge in [-0.1, -0.05) is 35.9 Å². The predicted octanol–water partition coefficient (Wildman–Crippen LogP) is 4.20. The molecule has 21 heavy (non-hydrogen) atoms. The Morgan fingerprint density at radius 2 is 1.90 bits per heavy atom. The second kappa shape index (κ2) is 7.09. The van der Waals surface area contributed by atoms with Gasteiger partial charge < -0.3 is 10.1 Å². The smallest absolute Gasteiger partial charge is 0.333 e. The van der Waals surface area contributed by atoms with Gasteiger partial charge in [0.1, 0.15) is 5.82 Å². The molecule has 0 saturated carbocycles. The third-order valence-electron chi connectivity index (χ3n) is 2.90. The van der Waals surface area contributed by atoms with E-state index in [1.807, 2.05) is 0 Å². The lowest BCUT2D eigenvalue weighted by Gasteiger charge is -2.19. The molecule has 1 atom stereocenters. The SMILES string of the molecule is CCOC(=O)C(Nc1ccccc1Cl)c1ccc(F)cc1. The molecular formula is C16H15ClFNO2. The summed E-state index contributed by atoms with van der Waals surface area (Å²) < 4.78 is 18.1. The molecule has 0 aliphatic rings. The summed E-state index contributed by atoms with van der Waals surface area (Å²) in [6.07, 6.45) is 0. The van der Waals surface area contributed by atoms with E-state index in [1.54, 1.807) is 43.3 Å². The first-order valence-electron chi connectivity index (χ1n) is 6.55. The molecule has 0 heterocycles. The van der Waals surface area contributed by atoms with Gasteiger partial charge in [0.05, 0.1) is 17.3 Å². The van der Waals surface area contributed by atoms with E-state index in [-0.39, 0.29) is 12.4 Å². The molecule has 2 rings (SSSR count). The van der Waals surface area contributed by atoms with E-state index in [4.69, 9.17) is 16.3 Å². The topological polar surface area (TPSA) is 38.3 Å². The second-order valence-electron chi connectivity index (χ2n) is 4.36. The van der Waals surface area contributed by atoms with Gasteiger partial charge in [-0.2, -0.15) is 0 Å². The van der Waals surface area contributed by atoms with Crippen molar-refractivity contribution in [1.29, 1.82) is 0 Å². The number of hydrogen-bond acceptors (Lipinski definition) is 3. The Morgan fingerprint density at radius 1 is 1.24 bits per heavy atom. The maximum absolute atomic E-state index is 13.0. The Hall–Kier alpha value is -2.07. The minimum Gasteiger partial charge on any atom is -0.464 e. The van der Waals surface area contributed by atoms with Gasteiger partial charge in [-0.05, 0) is 36.8 Å². The van der Waals surface area contributed by atoms with Crippen LogP contribution in [0, 0.1) is 5.82 Å². The summed E-state index contributed by atoms with van der Waals surface area (Å²) in [4.78, 5) is 12.1. The summed E-state index contributed by atoms with van der Waals surface area (Å²) in [6.45, 7) is 2.00. The average Bonchev–Trinajstić information content (AvgIpc) is 2.48. The van der Waals surface area contributed by atoms with Crippen LogP contribution in [0.2, 0.25) is 5.02 Å². The van der Waals surface area contributed by atoms with Gasteiger partial charge in [0.2, 0.25) is 0 Å². The maximum Gasteiger partial charge on any atom is 0.333 e. The van der Waals surface area contributed by atoms with Crippen LogP contribution in [0.15, 0.2) is 48.5 Å². The largest absolute Gasteiger partial charge is 0.464 e. The van der Waals surface area contributed by atoms with Gasteiger partial charge in [0, 0.05) is 0 Å². The van der Waals surface area contributed by atoms with Crippen molar-refractivity contribution in [2.45, 2.75) is 13.0 Å². The van der Waals surface area contributed by atoms with E-state index in [2.05, 4.69) is 5.32 Å². The van der Waals surface area contributed by atoms with Crippen molar-refractivity contribution in [2.24, 2.45) is 0 Å². The van der Waals surface area contributed by atoms with Crippen molar-refractivity contribution in [3.8, 4) is 0 Å². The van der Waals surface area contributed by atoms with Gasteiger partial charge in [-0.3, -0.25) is 0 Å². The standard InChI is InChI=1S/C16H15ClFNO2/c1-2-21-16(20)15(11-7-9-12(18)10-8-11)19-14-6-4-3-5-13(14)17/h3-10,15,19H,2H2,1H3. The summed E-state index contributed by atoms with van der Waals surface area (Å²) in [5, 5.41) is 3.53. The molecule has 0 fully saturated rings. The van der Waals surface area contributed by atoms with Crippen LogP contribution in [0.25, 0.3) is 0 Å². The first kappa shape index (κ1) is 15.3. The number of nitrogens with one attached hydrogen (secondary N) is 1. The quantitative estimate of drug-likeness (QED) is 0.842. The number of carbonyl (C=O) groups excluding carboxylic acids is 1. The van der Waals surface area contributed by atoms with Crippen LogP contribution in [0.4, 0.5) is 10.1 Å². The molecule has 0 amide bonds. The fourth-order valence-corrected chi connectivity index (χ4v) is 2.08. The highest BCUT2D eigenvalue weighted by molar-refractivity contribution is 6.33. The third-order valence-corrected chi connectivity index (χ3v) is 3.23. The highest BCUT2D eigenvalue weighted by atomic mass is 35.5. The zero-order chi connectivity index (χ0) is 15.2. The number of benzene rings is 2. The Morgan fingerprint density at radius 3 is 2.52 bits per heavy atom. The number of hydrogen-bond donors (Lipinski definition) is 1. The number of rotatable bonds is 5. The highest BCUT2D eigenvalue weighted by Gasteiger charge is 2.22. The third kappa shape index (κ3) is 3.95. The molecule has 0 spiro atoms. The van der Waals surface area contributed by atoms with Crippen LogP contribution >= 0.6 is 11.6 Å². The first-order chi connectivity index (χ1) is 10.1. The summed E-state index contributed by atoms with van der Waals surface area (Å²) in [5.74, 6) is -0.803. The highest BCUT2D eigenvalue weighted by Crippen LogP contribution is 2.27. The van der Waals surface area contributed by atoms with Crippen LogP contribution in [0.5, 0.6) is 0 Å². The Kier molecular flexibility index (Phi) is 5.17. The van der Waals surface area contributed by atoms with Gasteiger partial charge in [0.25, 0.3) is 0 Å². The van der Waals surface area contributed by atoms with E-state index in [0.717, 1.165) is 0 Å². The van der Waals surface area contributed by atoms with Crippen LogP contribution in [0.1, 0.15) is 18.5 Å². The van der Waals surface area contributed by atoms with Gasteiger partial charge >= 0.3 is 5.97 Å². The zero-order valence-electron chi connectivity index (χ0n) is 11.5. The van der Waals surface area contributed by atoms with Crippen molar-refractivity contribution in [2.75, 3.05) is 11.9 Å². The average molecular weight is 308 g/mol. The van der Waals surface area contributed by atoms with Crippen molar-refractivity contribution in [3.63, 3.8) is 0 Å². The van der Waals surface area contributed by atoms with Crippen molar-refractivity contribution < 1.29 is 13.9 Å². The van der Waals surface area contributed by atoms with Crippen LogP contribution in [0.3, 0.4) is 0 Å². The van der Waals surface area contributed by atoms with Crippen LogP contribution in [-0.2, 0) is 9.53 Å². The molecular weight excluding hydrogens is 293 g/mol. The molecule has 2 aromatic carbocycles. The molecule has 0 aliphatic carbocycles. The van der Waals surface area contributed by atoms with Crippen LogP contribution in [-0.4, -0.2) is 12.6 Å². The summed E-state index contributed by atoms with van der Waals surface area (Å²) >= 11 is 6.09. The number of ether oxygens (including phenoxy) is 1. The Balaban J connectivity index is 2.30. The Bertz CT molecular complexity index is 616. The lowest BCUT2D eigenvalue weighted by atomic mass is 10.1. The number of anilines is 1.